The molecular formula is C13H26N2. The van der Waals surface area contributed by atoms with E-state index in [0.717, 1.165) is 12.1 Å². The van der Waals surface area contributed by atoms with Crippen LogP contribution in [0.2, 0.25) is 0 Å². The summed E-state index contributed by atoms with van der Waals surface area (Å²) in [7, 11) is 0. The number of hydrogen-bond donors (Lipinski definition) is 1. The summed E-state index contributed by atoms with van der Waals surface area (Å²) in [5, 5.41) is 3.66. The Balaban J connectivity index is 1.67. The van der Waals surface area contributed by atoms with Crippen LogP contribution in [0.5, 0.6) is 0 Å². The Kier molecular flexibility index (Phi) is 4.45. The zero-order valence-corrected chi connectivity index (χ0v) is 10.2. The Morgan fingerprint density at radius 2 is 1.73 bits per heavy atom. The van der Waals surface area contributed by atoms with Crippen molar-refractivity contribution in [1.82, 2.24) is 10.2 Å². The minimum Gasteiger partial charge on any atom is -0.314 e. The molecule has 2 aliphatic rings. The van der Waals surface area contributed by atoms with Gasteiger partial charge in [0.05, 0.1) is 0 Å². The summed E-state index contributed by atoms with van der Waals surface area (Å²) >= 11 is 0. The number of rotatable bonds is 4. The van der Waals surface area contributed by atoms with Crippen LogP contribution >= 0.6 is 0 Å². The number of likely N-dealkylation sites (tertiary alicyclic amines) is 1. The van der Waals surface area contributed by atoms with E-state index in [1.807, 2.05) is 0 Å². The van der Waals surface area contributed by atoms with Gasteiger partial charge >= 0.3 is 0 Å². The lowest BCUT2D eigenvalue weighted by Crippen LogP contribution is -2.41. The van der Waals surface area contributed by atoms with E-state index in [-0.39, 0.29) is 0 Å². The third-order valence-corrected chi connectivity index (χ3v) is 4.04. The number of nitrogens with one attached hydrogen (secondary N) is 1. The predicted octanol–water partition coefficient (Wildman–Crippen LogP) is 2.39. The molecule has 0 aromatic rings. The first-order valence-electron chi connectivity index (χ1n) is 6.87. The van der Waals surface area contributed by atoms with Gasteiger partial charge in [0.2, 0.25) is 0 Å². The second-order valence-electron chi connectivity index (χ2n) is 5.20. The van der Waals surface area contributed by atoms with E-state index in [1.54, 1.807) is 0 Å². The van der Waals surface area contributed by atoms with Crippen molar-refractivity contribution in [2.45, 2.75) is 64.0 Å². The zero-order valence-electron chi connectivity index (χ0n) is 10.2. The maximum Gasteiger partial charge on any atom is 0.00964 e. The topological polar surface area (TPSA) is 15.3 Å². The molecule has 0 amide bonds. The van der Waals surface area contributed by atoms with Crippen molar-refractivity contribution >= 4 is 0 Å². The minimum atomic E-state index is 0.823. The number of hydrogen-bond acceptors (Lipinski definition) is 2. The molecule has 15 heavy (non-hydrogen) atoms. The van der Waals surface area contributed by atoms with Crippen LogP contribution in [-0.2, 0) is 0 Å². The molecule has 0 aromatic heterocycles. The Morgan fingerprint density at radius 1 is 1.07 bits per heavy atom. The molecule has 0 aromatic carbocycles. The smallest absolute Gasteiger partial charge is 0.00964 e. The summed E-state index contributed by atoms with van der Waals surface area (Å²) < 4.78 is 0. The molecule has 1 saturated heterocycles. The molecule has 1 saturated carbocycles. The molecule has 2 nitrogen and oxygen atoms in total. The van der Waals surface area contributed by atoms with Gasteiger partial charge in [-0.15, -0.1) is 0 Å². The van der Waals surface area contributed by atoms with E-state index in [2.05, 4.69) is 17.1 Å². The first-order chi connectivity index (χ1) is 7.40. The fourth-order valence-corrected chi connectivity index (χ4v) is 3.10. The summed E-state index contributed by atoms with van der Waals surface area (Å²) in [6.45, 7) is 6.21. The highest BCUT2D eigenvalue weighted by molar-refractivity contribution is 4.84. The Labute approximate surface area is 94.4 Å². The van der Waals surface area contributed by atoms with Crippen LogP contribution < -0.4 is 5.32 Å². The summed E-state index contributed by atoms with van der Waals surface area (Å²) in [6.07, 6.45) is 9.82. The van der Waals surface area contributed by atoms with E-state index in [9.17, 15) is 0 Å². The standard InChI is InChI=1S/C13H26N2/c1-2-9-14-12-5-7-13(8-6-12)15-10-3-4-11-15/h12-14H,2-11H2,1H3. The third-order valence-electron chi connectivity index (χ3n) is 4.04. The van der Waals surface area contributed by atoms with Gasteiger partial charge in [-0.25, -0.2) is 0 Å². The molecule has 0 spiro atoms. The Morgan fingerprint density at radius 3 is 2.33 bits per heavy atom. The summed E-state index contributed by atoms with van der Waals surface area (Å²) in [5.41, 5.74) is 0. The average Bonchev–Trinajstić information content (AvgIpc) is 2.80. The highest BCUT2D eigenvalue weighted by atomic mass is 15.2. The van der Waals surface area contributed by atoms with E-state index in [4.69, 9.17) is 0 Å². The van der Waals surface area contributed by atoms with Crippen molar-refractivity contribution in [2.24, 2.45) is 0 Å². The molecule has 1 aliphatic heterocycles. The maximum atomic E-state index is 3.66. The third kappa shape index (κ3) is 3.18. The van der Waals surface area contributed by atoms with E-state index in [1.165, 1.54) is 64.6 Å². The van der Waals surface area contributed by atoms with Crippen LogP contribution in [0.4, 0.5) is 0 Å². The lowest BCUT2D eigenvalue weighted by atomic mass is 9.90. The molecule has 88 valence electrons. The van der Waals surface area contributed by atoms with Gasteiger partial charge in [0, 0.05) is 12.1 Å². The van der Waals surface area contributed by atoms with E-state index < -0.39 is 0 Å². The predicted molar refractivity (Wildman–Crippen MR) is 65.1 cm³/mol. The largest absolute Gasteiger partial charge is 0.314 e. The second-order valence-corrected chi connectivity index (χ2v) is 5.20. The summed E-state index contributed by atoms with van der Waals surface area (Å²) in [5.74, 6) is 0. The molecule has 1 N–H and O–H groups in total. The highest BCUT2D eigenvalue weighted by Crippen LogP contribution is 2.25. The maximum absolute atomic E-state index is 3.66. The van der Waals surface area contributed by atoms with Crippen molar-refractivity contribution in [2.75, 3.05) is 19.6 Å². The van der Waals surface area contributed by atoms with Crippen molar-refractivity contribution in [3.05, 3.63) is 0 Å². The van der Waals surface area contributed by atoms with Gasteiger partial charge in [-0.05, 0) is 64.6 Å². The van der Waals surface area contributed by atoms with Crippen molar-refractivity contribution < 1.29 is 0 Å². The fourth-order valence-electron chi connectivity index (χ4n) is 3.10. The van der Waals surface area contributed by atoms with Gasteiger partial charge in [-0.2, -0.15) is 0 Å². The Hall–Kier alpha value is -0.0800. The molecule has 0 bridgehead atoms. The van der Waals surface area contributed by atoms with Crippen molar-refractivity contribution in [3.63, 3.8) is 0 Å². The second kappa shape index (κ2) is 5.86. The number of nitrogens with zero attached hydrogens (tertiary/aromatic N) is 1. The summed E-state index contributed by atoms with van der Waals surface area (Å²) in [6, 6.07) is 1.75. The van der Waals surface area contributed by atoms with Gasteiger partial charge in [-0.3, -0.25) is 0 Å². The summed E-state index contributed by atoms with van der Waals surface area (Å²) in [4.78, 5) is 2.73. The zero-order chi connectivity index (χ0) is 10.5. The minimum absolute atomic E-state index is 0.823. The van der Waals surface area contributed by atoms with Gasteiger partial charge in [0.15, 0.2) is 0 Å². The molecule has 0 radical (unpaired) electrons. The van der Waals surface area contributed by atoms with Gasteiger partial charge in [0.1, 0.15) is 0 Å². The molecular weight excluding hydrogens is 184 g/mol. The van der Waals surface area contributed by atoms with Crippen LogP contribution in [0.3, 0.4) is 0 Å². The van der Waals surface area contributed by atoms with Gasteiger partial charge in [-0.1, -0.05) is 6.92 Å². The van der Waals surface area contributed by atoms with E-state index >= 15 is 0 Å². The van der Waals surface area contributed by atoms with Crippen LogP contribution in [-0.4, -0.2) is 36.6 Å². The fraction of sp³-hybridized carbons (Fsp3) is 1.00. The van der Waals surface area contributed by atoms with Crippen LogP contribution in [0, 0.1) is 0 Å². The van der Waals surface area contributed by atoms with Crippen molar-refractivity contribution in [3.8, 4) is 0 Å². The molecule has 1 aliphatic carbocycles. The van der Waals surface area contributed by atoms with Crippen LogP contribution in [0.25, 0.3) is 0 Å². The SMILES string of the molecule is CCCNC1CCC(N2CCCC2)CC1. The monoisotopic (exact) mass is 210 g/mol. The Bertz CT molecular complexity index is 167. The molecule has 2 rings (SSSR count). The quantitative estimate of drug-likeness (QED) is 0.766. The average molecular weight is 210 g/mol. The van der Waals surface area contributed by atoms with Crippen LogP contribution in [0.1, 0.15) is 51.9 Å². The molecule has 2 heteroatoms. The van der Waals surface area contributed by atoms with Crippen molar-refractivity contribution in [1.29, 1.82) is 0 Å². The first-order valence-corrected chi connectivity index (χ1v) is 6.87. The molecule has 0 unspecified atom stereocenters. The molecule has 2 fully saturated rings. The lowest BCUT2D eigenvalue weighted by Gasteiger charge is -2.34. The van der Waals surface area contributed by atoms with Gasteiger partial charge < -0.3 is 10.2 Å². The normalized spacial score (nSPS) is 33.4. The lowest BCUT2D eigenvalue weighted by molar-refractivity contribution is 0.174. The molecule has 1 heterocycles. The molecule has 0 atom stereocenters. The highest BCUT2D eigenvalue weighted by Gasteiger charge is 2.26. The first kappa shape index (κ1) is 11.4. The van der Waals surface area contributed by atoms with Gasteiger partial charge in [0.25, 0.3) is 0 Å². The van der Waals surface area contributed by atoms with Crippen LogP contribution in [0.15, 0.2) is 0 Å². The van der Waals surface area contributed by atoms with E-state index in [0.29, 0.717) is 0 Å².